The molecule has 1 aliphatic rings. The Morgan fingerprint density at radius 2 is 1.91 bits per heavy atom. The fourth-order valence-corrected chi connectivity index (χ4v) is 4.54. The summed E-state index contributed by atoms with van der Waals surface area (Å²) in [5, 5.41) is 11.1. The Balaban J connectivity index is 1.75. The van der Waals surface area contributed by atoms with E-state index < -0.39 is 57.2 Å². The maximum Gasteiger partial charge on any atom is 0.417 e. The molecule has 0 radical (unpaired) electrons. The van der Waals surface area contributed by atoms with Crippen LogP contribution in [0.2, 0.25) is 25.7 Å². The molecule has 2 aromatic rings. The quantitative estimate of drug-likeness (QED) is 0.347. The normalized spacial score (nSPS) is 19.6. The highest BCUT2D eigenvalue weighted by Crippen LogP contribution is 2.35. The third kappa shape index (κ3) is 7.34. The molecular formula is C22H30F3N5O4Si. The van der Waals surface area contributed by atoms with Crippen molar-refractivity contribution in [3.8, 4) is 0 Å². The Morgan fingerprint density at radius 3 is 2.54 bits per heavy atom. The highest BCUT2D eigenvalue weighted by atomic mass is 28.3. The smallest absolute Gasteiger partial charge is 0.417 e. The van der Waals surface area contributed by atoms with Crippen molar-refractivity contribution >= 4 is 20.1 Å². The van der Waals surface area contributed by atoms with Crippen molar-refractivity contribution in [2.24, 2.45) is 5.92 Å². The topological polar surface area (TPSA) is 99.4 Å². The first-order valence-electron chi connectivity index (χ1n) is 11.3. The van der Waals surface area contributed by atoms with Gasteiger partial charge in [0.2, 0.25) is 5.91 Å². The summed E-state index contributed by atoms with van der Waals surface area (Å²) >= 11 is 0. The number of tetrazole rings is 1. The lowest BCUT2D eigenvalue weighted by atomic mass is 9.97. The molecule has 0 spiro atoms. The molecule has 3 rings (SSSR count). The Kier molecular flexibility index (Phi) is 8.31. The van der Waals surface area contributed by atoms with E-state index in [4.69, 9.17) is 9.47 Å². The Hall–Kier alpha value is -2.80. The molecule has 192 valence electrons. The van der Waals surface area contributed by atoms with Crippen molar-refractivity contribution in [3.63, 3.8) is 0 Å². The second-order valence-corrected chi connectivity index (χ2v) is 15.4. The van der Waals surface area contributed by atoms with E-state index in [-0.39, 0.29) is 12.6 Å². The van der Waals surface area contributed by atoms with E-state index >= 15 is 0 Å². The molecule has 3 atom stereocenters. The average molecular weight is 514 g/mol. The predicted octanol–water partition coefficient (Wildman–Crippen LogP) is 4.21. The van der Waals surface area contributed by atoms with Crippen LogP contribution in [-0.4, -0.2) is 64.0 Å². The Bertz CT molecular complexity index is 1010. The summed E-state index contributed by atoms with van der Waals surface area (Å²) in [6, 6.07) is 8.85. The first-order chi connectivity index (χ1) is 16.4. The molecule has 1 aliphatic heterocycles. The molecule has 1 aromatic carbocycles. The number of amides is 2. The zero-order chi connectivity index (χ0) is 25.8. The average Bonchev–Trinajstić information content (AvgIpc) is 3.32. The monoisotopic (exact) mass is 513 g/mol. The SMILES string of the molecule is C[C@@H]1[C@H](c2ccccc2)OC(=O)N1C(=O)[C@H](Cc1nnnn1COCC[Si](C)(C)C)CC(F)(F)F. The first kappa shape index (κ1) is 26.8. The lowest BCUT2D eigenvalue weighted by molar-refractivity contribution is -0.158. The zero-order valence-electron chi connectivity index (χ0n) is 20.2. The van der Waals surface area contributed by atoms with Crippen molar-refractivity contribution in [1.82, 2.24) is 25.1 Å². The van der Waals surface area contributed by atoms with Gasteiger partial charge < -0.3 is 9.47 Å². The minimum absolute atomic E-state index is 0.0437. The summed E-state index contributed by atoms with van der Waals surface area (Å²) in [5.41, 5.74) is 0.649. The fraction of sp³-hybridized carbons (Fsp3) is 0.591. The second-order valence-electron chi connectivity index (χ2n) is 9.83. The molecule has 1 saturated heterocycles. The van der Waals surface area contributed by atoms with Gasteiger partial charge in [-0.1, -0.05) is 50.0 Å². The van der Waals surface area contributed by atoms with E-state index in [9.17, 15) is 22.8 Å². The van der Waals surface area contributed by atoms with E-state index in [0.29, 0.717) is 12.2 Å². The third-order valence-electron chi connectivity index (χ3n) is 5.71. The summed E-state index contributed by atoms with van der Waals surface area (Å²) in [5.74, 6) is -2.51. The Morgan fingerprint density at radius 1 is 1.23 bits per heavy atom. The molecule has 35 heavy (non-hydrogen) atoms. The molecule has 0 aliphatic carbocycles. The van der Waals surface area contributed by atoms with Crippen LogP contribution < -0.4 is 0 Å². The highest BCUT2D eigenvalue weighted by Gasteiger charge is 2.47. The summed E-state index contributed by atoms with van der Waals surface area (Å²) in [6.07, 6.45) is -8.23. The number of nitrogens with zero attached hydrogens (tertiary/aromatic N) is 5. The van der Waals surface area contributed by atoms with Crippen molar-refractivity contribution in [2.45, 2.75) is 70.5 Å². The number of hydrogen-bond donors (Lipinski definition) is 0. The number of cyclic esters (lactones) is 1. The van der Waals surface area contributed by atoms with E-state index in [0.717, 1.165) is 10.9 Å². The molecule has 0 N–H and O–H groups in total. The van der Waals surface area contributed by atoms with Crippen molar-refractivity contribution in [2.75, 3.05) is 6.61 Å². The van der Waals surface area contributed by atoms with Gasteiger partial charge in [-0.05, 0) is 29.0 Å². The van der Waals surface area contributed by atoms with Crippen LogP contribution in [0.1, 0.15) is 30.8 Å². The number of carbonyl (C=O) groups excluding carboxylic acids is 2. The number of aromatic nitrogens is 4. The lowest BCUT2D eigenvalue weighted by Gasteiger charge is -2.25. The molecule has 13 heteroatoms. The standard InChI is InChI=1S/C22H30F3N5O4Si/c1-15-19(16-8-6-5-7-9-16)34-21(32)30(15)20(31)17(13-22(23,24)25)12-18-26-27-28-29(18)14-33-10-11-35(2,3)4/h5-9,15,17,19H,10-14H2,1-4H3/t15-,17-,19-/m1/s1. The van der Waals surface area contributed by atoms with E-state index in [2.05, 4.69) is 35.2 Å². The maximum atomic E-state index is 13.4. The van der Waals surface area contributed by atoms with E-state index in [1.807, 2.05) is 0 Å². The van der Waals surface area contributed by atoms with Crippen LogP contribution in [0.5, 0.6) is 0 Å². The number of ether oxygens (including phenoxy) is 2. The zero-order valence-corrected chi connectivity index (χ0v) is 21.2. The van der Waals surface area contributed by atoms with Crippen molar-refractivity contribution in [3.05, 3.63) is 41.7 Å². The first-order valence-corrected chi connectivity index (χ1v) is 15.0. The van der Waals surface area contributed by atoms with Gasteiger partial charge >= 0.3 is 12.3 Å². The number of imide groups is 1. The van der Waals surface area contributed by atoms with Gasteiger partial charge in [0.05, 0.1) is 18.4 Å². The number of carbonyl (C=O) groups is 2. The van der Waals surface area contributed by atoms with Crippen LogP contribution in [-0.2, 0) is 27.4 Å². The minimum Gasteiger partial charge on any atom is -0.439 e. The second kappa shape index (κ2) is 10.9. The van der Waals surface area contributed by atoms with Gasteiger partial charge in [0.25, 0.3) is 0 Å². The molecule has 0 unspecified atom stereocenters. The Labute approximate surface area is 202 Å². The van der Waals surface area contributed by atoms with Crippen LogP contribution in [0.3, 0.4) is 0 Å². The van der Waals surface area contributed by atoms with Gasteiger partial charge in [0.15, 0.2) is 5.82 Å². The summed E-state index contributed by atoms with van der Waals surface area (Å²) in [7, 11) is -1.32. The van der Waals surface area contributed by atoms with Gasteiger partial charge in [-0.2, -0.15) is 13.2 Å². The summed E-state index contributed by atoms with van der Waals surface area (Å²) in [6.45, 7) is 8.58. The van der Waals surface area contributed by atoms with Gasteiger partial charge in [-0.15, -0.1) is 5.10 Å². The molecule has 0 bridgehead atoms. The van der Waals surface area contributed by atoms with Gasteiger partial charge in [0, 0.05) is 21.1 Å². The minimum atomic E-state index is -4.64. The number of rotatable bonds is 10. The highest BCUT2D eigenvalue weighted by molar-refractivity contribution is 6.76. The van der Waals surface area contributed by atoms with Crippen LogP contribution in [0.25, 0.3) is 0 Å². The third-order valence-corrected chi connectivity index (χ3v) is 7.41. The van der Waals surface area contributed by atoms with Crippen LogP contribution in [0.15, 0.2) is 30.3 Å². The van der Waals surface area contributed by atoms with Crippen LogP contribution >= 0.6 is 0 Å². The van der Waals surface area contributed by atoms with Gasteiger partial charge in [-0.3, -0.25) is 4.79 Å². The van der Waals surface area contributed by atoms with Crippen LogP contribution in [0.4, 0.5) is 18.0 Å². The number of halogens is 3. The van der Waals surface area contributed by atoms with E-state index in [1.54, 1.807) is 37.3 Å². The van der Waals surface area contributed by atoms with Gasteiger partial charge in [-0.25, -0.2) is 14.4 Å². The van der Waals surface area contributed by atoms with E-state index in [1.165, 1.54) is 4.68 Å². The summed E-state index contributed by atoms with van der Waals surface area (Å²) < 4.78 is 52.4. The molecule has 2 amide bonds. The summed E-state index contributed by atoms with van der Waals surface area (Å²) in [4.78, 5) is 26.6. The molecule has 1 aromatic heterocycles. The van der Waals surface area contributed by atoms with Crippen molar-refractivity contribution in [1.29, 1.82) is 0 Å². The molecule has 1 fully saturated rings. The van der Waals surface area contributed by atoms with Gasteiger partial charge in [0.1, 0.15) is 12.8 Å². The number of alkyl halides is 3. The lowest BCUT2D eigenvalue weighted by Crippen LogP contribution is -2.43. The maximum absolute atomic E-state index is 13.4. The van der Waals surface area contributed by atoms with Crippen molar-refractivity contribution < 1.29 is 32.2 Å². The molecule has 2 heterocycles. The van der Waals surface area contributed by atoms with Crippen LogP contribution in [0, 0.1) is 5.92 Å². The predicted molar refractivity (Wildman–Crippen MR) is 122 cm³/mol. The fourth-order valence-electron chi connectivity index (χ4n) is 3.79. The molecule has 9 nitrogen and oxygen atoms in total. The largest absolute Gasteiger partial charge is 0.439 e. The number of benzene rings is 1. The molecular weight excluding hydrogens is 483 g/mol. The number of hydrogen-bond acceptors (Lipinski definition) is 7. The molecule has 0 saturated carbocycles.